The third-order valence-electron chi connectivity index (χ3n) is 5.86. The first-order chi connectivity index (χ1) is 15.4. The minimum absolute atomic E-state index is 0.106. The quantitative estimate of drug-likeness (QED) is 0.676. The zero-order valence-electron chi connectivity index (χ0n) is 18.3. The Labute approximate surface area is 186 Å². The van der Waals surface area contributed by atoms with E-state index in [4.69, 9.17) is 20.3 Å². The van der Waals surface area contributed by atoms with Crippen molar-refractivity contribution >= 4 is 0 Å². The van der Waals surface area contributed by atoms with Crippen LogP contribution in [0.15, 0.2) is 48.1 Å². The lowest BCUT2D eigenvalue weighted by atomic mass is 9.83. The molecule has 2 aliphatic rings. The lowest BCUT2D eigenvalue weighted by molar-refractivity contribution is 0.106. The van der Waals surface area contributed by atoms with Gasteiger partial charge in [0, 0.05) is 6.61 Å². The van der Waals surface area contributed by atoms with Gasteiger partial charge in [0.05, 0.1) is 40.8 Å². The largest absolute Gasteiger partial charge is 0.422 e. The van der Waals surface area contributed by atoms with Crippen molar-refractivity contribution in [2.45, 2.75) is 51.2 Å². The van der Waals surface area contributed by atoms with Crippen LogP contribution in [0.5, 0.6) is 5.88 Å². The van der Waals surface area contributed by atoms with Gasteiger partial charge in [-0.05, 0) is 51.3 Å². The predicted octanol–water partition coefficient (Wildman–Crippen LogP) is 3.29. The molecule has 0 amide bonds. The van der Waals surface area contributed by atoms with Crippen LogP contribution in [-0.4, -0.2) is 31.4 Å². The van der Waals surface area contributed by atoms with E-state index in [2.05, 4.69) is 37.2 Å². The molecule has 0 bridgehead atoms. The maximum atomic E-state index is 10.00. The smallest absolute Gasteiger partial charge is 0.224 e. The van der Waals surface area contributed by atoms with Crippen molar-refractivity contribution in [3.63, 3.8) is 0 Å². The Morgan fingerprint density at radius 3 is 2.59 bits per heavy atom. The second-order valence-corrected chi connectivity index (χ2v) is 9.05. The summed E-state index contributed by atoms with van der Waals surface area (Å²) < 4.78 is 15.6. The molecule has 164 valence electrons. The lowest BCUT2D eigenvalue weighted by Gasteiger charge is -2.28. The Morgan fingerprint density at radius 2 is 2.00 bits per heavy atom. The summed E-state index contributed by atoms with van der Waals surface area (Å²) >= 11 is 0. The molecule has 2 aliphatic heterocycles. The second-order valence-electron chi connectivity index (χ2n) is 9.05. The van der Waals surface area contributed by atoms with Crippen LogP contribution in [-0.2, 0) is 10.3 Å². The molecule has 1 fully saturated rings. The van der Waals surface area contributed by atoms with Crippen molar-refractivity contribution in [2.24, 2.45) is 5.73 Å². The first kappa shape index (κ1) is 20.3. The van der Waals surface area contributed by atoms with E-state index in [0.29, 0.717) is 18.1 Å². The van der Waals surface area contributed by atoms with E-state index in [0.717, 1.165) is 35.3 Å². The molecule has 0 aliphatic carbocycles. The molecule has 2 unspecified atom stereocenters. The Morgan fingerprint density at radius 1 is 1.22 bits per heavy atom. The minimum atomic E-state index is -0.399. The van der Waals surface area contributed by atoms with Gasteiger partial charge in [0.15, 0.2) is 0 Å². The molecule has 9 heteroatoms. The zero-order valence-corrected chi connectivity index (χ0v) is 18.3. The Hall–Kier alpha value is -3.64. The highest BCUT2D eigenvalue weighted by molar-refractivity contribution is 5.57. The summed E-state index contributed by atoms with van der Waals surface area (Å²) in [5.41, 5.74) is 9.75. The number of nitriles is 1. The Kier molecular flexibility index (Phi) is 4.75. The fourth-order valence-electron chi connectivity index (χ4n) is 4.35. The molecule has 4 heterocycles. The van der Waals surface area contributed by atoms with Crippen molar-refractivity contribution in [2.75, 3.05) is 6.61 Å². The number of fused-ring (bicyclic) bond motifs is 1. The van der Waals surface area contributed by atoms with Gasteiger partial charge in [-0.2, -0.15) is 10.4 Å². The molecule has 1 saturated heterocycles. The minimum Gasteiger partial charge on any atom is -0.422 e. The van der Waals surface area contributed by atoms with Crippen LogP contribution < -0.4 is 10.5 Å². The number of ether oxygens (including phenoxy) is 2. The molecule has 0 saturated carbocycles. The number of nitrogens with zero attached hydrogens (tertiary/aromatic N) is 6. The molecule has 1 aromatic carbocycles. The van der Waals surface area contributed by atoms with E-state index in [1.165, 1.54) is 0 Å². The number of hydrogen-bond acceptors (Lipinski definition) is 7. The SMILES string of the molecule is CC(C)(C)n1nc(C2CCCO2)c2c1OC(N)=C(C#N)C2c1ccc(-n2ccnn2)cc1. The van der Waals surface area contributed by atoms with Crippen LogP contribution >= 0.6 is 0 Å². The van der Waals surface area contributed by atoms with Crippen LogP contribution in [0.1, 0.15) is 62.5 Å². The topological polar surface area (TPSA) is 117 Å². The number of rotatable bonds is 3. The van der Waals surface area contributed by atoms with Crippen molar-refractivity contribution < 1.29 is 9.47 Å². The monoisotopic (exact) mass is 431 g/mol. The number of hydrogen-bond donors (Lipinski definition) is 1. The maximum Gasteiger partial charge on any atom is 0.224 e. The van der Waals surface area contributed by atoms with Gasteiger partial charge < -0.3 is 15.2 Å². The molecular formula is C23H25N7O2. The highest BCUT2D eigenvalue weighted by atomic mass is 16.5. The highest BCUT2D eigenvalue weighted by Gasteiger charge is 2.41. The van der Waals surface area contributed by atoms with Crippen molar-refractivity contribution in [1.82, 2.24) is 24.8 Å². The number of aromatic nitrogens is 5. The highest BCUT2D eigenvalue weighted by Crippen LogP contribution is 2.48. The van der Waals surface area contributed by atoms with Gasteiger partial charge in [0.25, 0.3) is 0 Å². The lowest BCUT2D eigenvalue weighted by Crippen LogP contribution is -2.27. The van der Waals surface area contributed by atoms with Gasteiger partial charge in [-0.15, -0.1) is 5.10 Å². The third kappa shape index (κ3) is 3.24. The summed E-state index contributed by atoms with van der Waals surface area (Å²) in [6.07, 6.45) is 5.13. The molecule has 3 aromatic rings. The average Bonchev–Trinajstić information content (AvgIpc) is 3.52. The third-order valence-corrected chi connectivity index (χ3v) is 5.86. The number of allylic oxidation sites excluding steroid dienone is 1. The summed E-state index contributed by atoms with van der Waals surface area (Å²) in [4.78, 5) is 0. The van der Waals surface area contributed by atoms with Crippen molar-refractivity contribution in [1.29, 1.82) is 5.26 Å². The molecule has 0 spiro atoms. The van der Waals surface area contributed by atoms with E-state index in [-0.39, 0.29) is 17.5 Å². The van der Waals surface area contributed by atoms with Crippen LogP contribution in [0, 0.1) is 11.3 Å². The first-order valence-electron chi connectivity index (χ1n) is 10.7. The summed E-state index contributed by atoms with van der Waals surface area (Å²) in [5, 5.41) is 22.8. The van der Waals surface area contributed by atoms with Gasteiger partial charge in [0.2, 0.25) is 11.8 Å². The van der Waals surface area contributed by atoms with Gasteiger partial charge in [-0.25, -0.2) is 9.36 Å². The van der Waals surface area contributed by atoms with Gasteiger partial charge in [-0.1, -0.05) is 17.3 Å². The zero-order chi connectivity index (χ0) is 22.5. The normalized spacial score (nSPS) is 20.7. The molecule has 0 radical (unpaired) electrons. The summed E-state index contributed by atoms with van der Waals surface area (Å²) in [5.74, 6) is 0.281. The fraction of sp³-hybridized carbons (Fsp3) is 0.391. The Balaban J connectivity index is 1.69. The standard InChI is InChI=1S/C23H25N7O2/c1-23(2,3)30-22-19(20(27-30)17-5-4-12-31-17)18(16(13-24)21(25)32-22)14-6-8-15(9-7-14)29-11-10-26-28-29/h6-11,17-18H,4-5,12,25H2,1-3H3. The summed E-state index contributed by atoms with van der Waals surface area (Å²) in [7, 11) is 0. The van der Waals surface area contributed by atoms with Crippen LogP contribution in [0.2, 0.25) is 0 Å². The summed E-state index contributed by atoms with van der Waals surface area (Å²) in [6, 6.07) is 10.1. The average molecular weight is 432 g/mol. The maximum absolute atomic E-state index is 10.00. The summed E-state index contributed by atoms with van der Waals surface area (Å²) in [6.45, 7) is 6.88. The molecule has 2 atom stereocenters. The van der Waals surface area contributed by atoms with E-state index in [1.54, 1.807) is 17.1 Å². The van der Waals surface area contributed by atoms with Crippen molar-refractivity contribution in [3.05, 3.63) is 64.9 Å². The first-order valence-corrected chi connectivity index (χ1v) is 10.7. The van der Waals surface area contributed by atoms with E-state index >= 15 is 0 Å². The number of benzene rings is 1. The Bertz CT molecular complexity index is 1210. The predicted molar refractivity (Wildman–Crippen MR) is 116 cm³/mol. The van der Waals surface area contributed by atoms with E-state index in [9.17, 15) is 5.26 Å². The molecule has 2 aromatic heterocycles. The molecule has 9 nitrogen and oxygen atoms in total. The van der Waals surface area contributed by atoms with Gasteiger partial charge in [-0.3, -0.25) is 0 Å². The molecule has 32 heavy (non-hydrogen) atoms. The molecule has 5 rings (SSSR count). The molecule has 2 N–H and O–H groups in total. The van der Waals surface area contributed by atoms with Crippen LogP contribution in [0.3, 0.4) is 0 Å². The van der Waals surface area contributed by atoms with E-state index in [1.807, 2.05) is 28.9 Å². The van der Waals surface area contributed by atoms with E-state index < -0.39 is 5.92 Å². The number of nitrogens with two attached hydrogens (primary N) is 1. The van der Waals surface area contributed by atoms with Gasteiger partial charge in [0.1, 0.15) is 17.7 Å². The second kappa shape index (κ2) is 7.50. The van der Waals surface area contributed by atoms with Crippen molar-refractivity contribution in [3.8, 4) is 17.6 Å². The van der Waals surface area contributed by atoms with Gasteiger partial charge >= 0.3 is 0 Å². The molecular weight excluding hydrogens is 406 g/mol. The van der Waals surface area contributed by atoms with Crippen LogP contribution in [0.4, 0.5) is 0 Å². The van der Waals surface area contributed by atoms with Crippen LogP contribution in [0.25, 0.3) is 5.69 Å². The fourth-order valence-corrected chi connectivity index (χ4v) is 4.35.